The highest BCUT2D eigenvalue weighted by Crippen LogP contribution is 2.46. The Hall–Kier alpha value is -0.120. The summed E-state index contributed by atoms with van der Waals surface area (Å²) in [6.07, 6.45) is 4.00. The van der Waals surface area contributed by atoms with Gasteiger partial charge in [-0.3, -0.25) is 0 Å². The van der Waals surface area contributed by atoms with Crippen molar-refractivity contribution in [2.45, 2.75) is 65.1 Å². The highest BCUT2D eigenvalue weighted by atomic mass is 16.5. The predicted molar refractivity (Wildman–Crippen MR) is 73.7 cm³/mol. The van der Waals surface area contributed by atoms with Gasteiger partial charge in [0.1, 0.15) is 0 Å². The maximum absolute atomic E-state index is 5.86. The Kier molecular flexibility index (Phi) is 4.68. The van der Waals surface area contributed by atoms with Crippen molar-refractivity contribution in [3.8, 4) is 0 Å². The van der Waals surface area contributed by atoms with E-state index >= 15 is 0 Å². The molecule has 0 aromatic heterocycles. The molecule has 0 aromatic rings. The van der Waals surface area contributed by atoms with Gasteiger partial charge in [-0.05, 0) is 39.0 Å². The quantitative estimate of drug-likeness (QED) is 0.791. The first-order valence-electron chi connectivity index (χ1n) is 7.57. The molecule has 1 N–H and O–H groups in total. The van der Waals surface area contributed by atoms with E-state index in [0.717, 1.165) is 26.2 Å². The Morgan fingerprint density at radius 3 is 2.78 bits per heavy atom. The van der Waals surface area contributed by atoms with E-state index in [1.165, 1.54) is 12.8 Å². The molecule has 3 nitrogen and oxygen atoms in total. The summed E-state index contributed by atoms with van der Waals surface area (Å²) in [5, 5.41) is 3.83. The van der Waals surface area contributed by atoms with Gasteiger partial charge in [0, 0.05) is 30.7 Å². The zero-order valence-corrected chi connectivity index (χ0v) is 12.4. The van der Waals surface area contributed by atoms with Gasteiger partial charge in [0.25, 0.3) is 0 Å². The van der Waals surface area contributed by atoms with E-state index < -0.39 is 0 Å². The fraction of sp³-hybridized carbons (Fsp3) is 1.00. The van der Waals surface area contributed by atoms with E-state index in [-0.39, 0.29) is 0 Å². The summed E-state index contributed by atoms with van der Waals surface area (Å²) in [7, 11) is 0. The van der Waals surface area contributed by atoms with Crippen LogP contribution in [0.4, 0.5) is 0 Å². The fourth-order valence-corrected chi connectivity index (χ4v) is 3.41. The lowest BCUT2D eigenvalue weighted by molar-refractivity contribution is -0.128. The molecule has 0 bridgehead atoms. The molecule has 1 saturated heterocycles. The van der Waals surface area contributed by atoms with Crippen LogP contribution >= 0.6 is 0 Å². The topological polar surface area (TPSA) is 30.5 Å². The van der Waals surface area contributed by atoms with E-state index in [0.29, 0.717) is 29.5 Å². The summed E-state index contributed by atoms with van der Waals surface area (Å²) in [5.41, 5.74) is 0.309. The molecule has 5 atom stereocenters. The molecule has 106 valence electrons. The van der Waals surface area contributed by atoms with Crippen molar-refractivity contribution in [1.29, 1.82) is 0 Å². The van der Waals surface area contributed by atoms with Crippen LogP contribution in [0.25, 0.3) is 0 Å². The van der Waals surface area contributed by atoms with Crippen LogP contribution in [0.5, 0.6) is 0 Å². The van der Waals surface area contributed by atoms with E-state index in [4.69, 9.17) is 9.47 Å². The van der Waals surface area contributed by atoms with Gasteiger partial charge in [-0.25, -0.2) is 0 Å². The largest absolute Gasteiger partial charge is 0.381 e. The Labute approximate surface area is 112 Å². The molecule has 2 aliphatic rings. The van der Waals surface area contributed by atoms with Crippen LogP contribution in [-0.2, 0) is 9.47 Å². The normalized spacial score (nSPS) is 41.7. The molecule has 1 saturated carbocycles. The summed E-state index contributed by atoms with van der Waals surface area (Å²) in [4.78, 5) is 0. The highest BCUT2D eigenvalue weighted by Gasteiger charge is 2.51. The first kappa shape index (κ1) is 14.3. The van der Waals surface area contributed by atoms with E-state index in [9.17, 15) is 0 Å². The number of ether oxygens (including phenoxy) is 2. The lowest BCUT2D eigenvalue weighted by Gasteiger charge is -2.55. The van der Waals surface area contributed by atoms with Crippen LogP contribution in [0.15, 0.2) is 0 Å². The number of hydrogen-bond donors (Lipinski definition) is 1. The van der Waals surface area contributed by atoms with Crippen molar-refractivity contribution in [3.63, 3.8) is 0 Å². The Bertz CT molecular complexity index is 265. The lowest BCUT2D eigenvalue weighted by Crippen LogP contribution is -2.64. The standard InChI is InChI=1S/C15H29NO2/c1-5-15(4)13(9-14(15)18-6-2)16-11(3)12-7-8-17-10-12/h11-14,16H,5-10H2,1-4H3. The van der Waals surface area contributed by atoms with Gasteiger partial charge in [0.15, 0.2) is 0 Å². The first-order valence-corrected chi connectivity index (χ1v) is 7.57. The van der Waals surface area contributed by atoms with Gasteiger partial charge in [0.2, 0.25) is 0 Å². The molecular formula is C15H29NO2. The Morgan fingerprint density at radius 2 is 2.22 bits per heavy atom. The predicted octanol–water partition coefficient (Wildman–Crippen LogP) is 2.59. The van der Waals surface area contributed by atoms with Gasteiger partial charge in [-0.15, -0.1) is 0 Å². The van der Waals surface area contributed by atoms with Crippen molar-refractivity contribution in [3.05, 3.63) is 0 Å². The van der Waals surface area contributed by atoms with Gasteiger partial charge < -0.3 is 14.8 Å². The van der Waals surface area contributed by atoms with Crippen LogP contribution in [-0.4, -0.2) is 38.0 Å². The van der Waals surface area contributed by atoms with Gasteiger partial charge in [-0.1, -0.05) is 13.8 Å². The van der Waals surface area contributed by atoms with Crippen molar-refractivity contribution >= 4 is 0 Å². The Balaban J connectivity index is 1.86. The third kappa shape index (κ3) is 2.59. The van der Waals surface area contributed by atoms with Crippen LogP contribution in [0.3, 0.4) is 0 Å². The highest BCUT2D eigenvalue weighted by molar-refractivity contribution is 5.05. The second-order valence-corrected chi connectivity index (χ2v) is 6.17. The fourth-order valence-electron chi connectivity index (χ4n) is 3.41. The molecule has 3 heteroatoms. The van der Waals surface area contributed by atoms with Crippen molar-refractivity contribution in [2.24, 2.45) is 11.3 Å². The third-order valence-corrected chi connectivity index (χ3v) is 5.25. The monoisotopic (exact) mass is 255 g/mol. The van der Waals surface area contributed by atoms with E-state index in [1.54, 1.807) is 0 Å². The molecule has 0 amide bonds. The molecule has 1 aliphatic heterocycles. The minimum absolute atomic E-state index is 0.309. The summed E-state index contributed by atoms with van der Waals surface area (Å²) in [6, 6.07) is 1.17. The summed E-state index contributed by atoms with van der Waals surface area (Å²) in [6.45, 7) is 11.7. The Morgan fingerprint density at radius 1 is 1.44 bits per heavy atom. The molecule has 2 fully saturated rings. The SMILES string of the molecule is CCOC1CC(NC(C)C2CCOC2)C1(C)CC. The zero-order chi connectivity index (χ0) is 13.2. The average molecular weight is 255 g/mol. The van der Waals surface area contributed by atoms with Gasteiger partial charge in [-0.2, -0.15) is 0 Å². The number of rotatable bonds is 6. The van der Waals surface area contributed by atoms with Crippen molar-refractivity contribution < 1.29 is 9.47 Å². The number of hydrogen-bond acceptors (Lipinski definition) is 3. The maximum atomic E-state index is 5.86. The smallest absolute Gasteiger partial charge is 0.0658 e. The second kappa shape index (κ2) is 5.89. The van der Waals surface area contributed by atoms with Crippen LogP contribution in [0.1, 0.15) is 47.0 Å². The first-order chi connectivity index (χ1) is 8.61. The lowest BCUT2D eigenvalue weighted by atomic mass is 9.61. The van der Waals surface area contributed by atoms with E-state index in [1.807, 2.05) is 0 Å². The summed E-state index contributed by atoms with van der Waals surface area (Å²) < 4.78 is 11.3. The summed E-state index contributed by atoms with van der Waals surface area (Å²) in [5.74, 6) is 0.692. The minimum atomic E-state index is 0.309. The molecule has 1 heterocycles. The summed E-state index contributed by atoms with van der Waals surface area (Å²) >= 11 is 0. The molecule has 5 unspecified atom stereocenters. The molecule has 18 heavy (non-hydrogen) atoms. The average Bonchev–Trinajstić information content (AvgIpc) is 2.90. The molecule has 0 radical (unpaired) electrons. The van der Waals surface area contributed by atoms with Gasteiger partial charge >= 0.3 is 0 Å². The molecule has 0 spiro atoms. The zero-order valence-electron chi connectivity index (χ0n) is 12.4. The van der Waals surface area contributed by atoms with Crippen molar-refractivity contribution in [2.75, 3.05) is 19.8 Å². The van der Waals surface area contributed by atoms with Crippen LogP contribution in [0, 0.1) is 11.3 Å². The van der Waals surface area contributed by atoms with E-state index in [2.05, 4.69) is 33.0 Å². The molecular weight excluding hydrogens is 226 g/mol. The third-order valence-electron chi connectivity index (χ3n) is 5.25. The second-order valence-electron chi connectivity index (χ2n) is 6.17. The molecule has 1 aliphatic carbocycles. The van der Waals surface area contributed by atoms with Gasteiger partial charge in [0.05, 0.1) is 12.7 Å². The van der Waals surface area contributed by atoms with Crippen LogP contribution in [0.2, 0.25) is 0 Å². The minimum Gasteiger partial charge on any atom is -0.381 e. The maximum Gasteiger partial charge on any atom is 0.0658 e. The van der Waals surface area contributed by atoms with Crippen LogP contribution < -0.4 is 5.32 Å². The molecule has 0 aromatic carbocycles. The van der Waals surface area contributed by atoms with Crippen molar-refractivity contribution in [1.82, 2.24) is 5.32 Å². The number of nitrogens with one attached hydrogen (secondary N) is 1. The molecule has 2 rings (SSSR count).